The van der Waals surface area contributed by atoms with E-state index in [0.29, 0.717) is 6.54 Å². The number of guanidine groups is 1. The standard InChI is InChI=1S/C22H35N5S.HI/c1-6-23-22(24-14-13-21-26-17(4)18(5)28-21)25-15-19-9-11-20(12-10-19)16-27(7-2)8-3;/h9-12H,6-8,13-16H2,1-5H3,(H2,23,24,25);1H. The van der Waals surface area contributed by atoms with Crippen LogP contribution in [0.1, 0.15) is 47.5 Å². The van der Waals surface area contributed by atoms with E-state index in [0.717, 1.165) is 50.8 Å². The van der Waals surface area contributed by atoms with Gasteiger partial charge in [-0.05, 0) is 45.0 Å². The maximum atomic E-state index is 4.73. The predicted octanol–water partition coefficient (Wildman–Crippen LogP) is 4.52. The molecule has 7 heteroatoms. The Bertz CT molecular complexity index is 719. The van der Waals surface area contributed by atoms with Crippen molar-refractivity contribution >= 4 is 41.3 Å². The van der Waals surface area contributed by atoms with Crippen LogP contribution in [-0.2, 0) is 19.5 Å². The molecule has 1 aromatic heterocycles. The van der Waals surface area contributed by atoms with Crippen LogP contribution in [0.2, 0.25) is 0 Å². The summed E-state index contributed by atoms with van der Waals surface area (Å²) >= 11 is 1.78. The Hall–Kier alpha value is -1.19. The van der Waals surface area contributed by atoms with Crippen molar-refractivity contribution in [2.24, 2.45) is 4.99 Å². The number of nitrogens with zero attached hydrogens (tertiary/aromatic N) is 3. The number of thiazole rings is 1. The molecule has 0 atom stereocenters. The van der Waals surface area contributed by atoms with Crippen LogP contribution >= 0.6 is 35.3 Å². The number of aromatic nitrogens is 1. The highest BCUT2D eigenvalue weighted by molar-refractivity contribution is 14.0. The molecular weight excluding hydrogens is 493 g/mol. The molecule has 0 fully saturated rings. The van der Waals surface area contributed by atoms with Gasteiger partial charge in [0.1, 0.15) is 0 Å². The van der Waals surface area contributed by atoms with Crippen LogP contribution in [0.4, 0.5) is 0 Å². The van der Waals surface area contributed by atoms with Crippen molar-refractivity contribution in [3.63, 3.8) is 0 Å². The molecule has 0 saturated heterocycles. The molecule has 2 rings (SSSR count). The van der Waals surface area contributed by atoms with Gasteiger partial charge in [-0.3, -0.25) is 4.90 Å². The largest absolute Gasteiger partial charge is 0.357 e. The third-order valence-corrected chi connectivity index (χ3v) is 5.92. The molecular formula is C22H36IN5S. The lowest BCUT2D eigenvalue weighted by molar-refractivity contribution is 0.296. The van der Waals surface area contributed by atoms with Gasteiger partial charge in [-0.2, -0.15) is 0 Å². The van der Waals surface area contributed by atoms with Gasteiger partial charge in [0.2, 0.25) is 0 Å². The van der Waals surface area contributed by atoms with E-state index in [1.807, 2.05) is 0 Å². The molecule has 1 aromatic carbocycles. The van der Waals surface area contributed by atoms with Crippen molar-refractivity contribution in [3.8, 4) is 0 Å². The summed E-state index contributed by atoms with van der Waals surface area (Å²) in [5.41, 5.74) is 3.73. The average molecular weight is 530 g/mol. The van der Waals surface area contributed by atoms with E-state index in [4.69, 9.17) is 4.99 Å². The predicted molar refractivity (Wildman–Crippen MR) is 137 cm³/mol. The Balaban J connectivity index is 0.00000420. The highest BCUT2D eigenvalue weighted by Crippen LogP contribution is 2.16. The molecule has 0 saturated carbocycles. The zero-order valence-corrected chi connectivity index (χ0v) is 21.6. The van der Waals surface area contributed by atoms with Crippen LogP contribution in [-0.4, -0.2) is 42.0 Å². The number of halogens is 1. The normalized spacial score (nSPS) is 11.4. The second kappa shape index (κ2) is 13.9. The SMILES string of the molecule is CCNC(=NCc1ccc(CN(CC)CC)cc1)NCCc1nc(C)c(C)s1.I. The molecule has 0 aliphatic carbocycles. The minimum atomic E-state index is 0. The van der Waals surface area contributed by atoms with Gasteiger partial charge in [0.05, 0.1) is 17.2 Å². The zero-order chi connectivity index (χ0) is 20.4. The number of aryl methyl sites for hydroxylation is 2. The first-order chi connectivity index (χ1) is 13.5. The molecule has 5 nitrogen and oxygen atoms in total. The number of aliphatic imine (C=N–C) groups is 1. The number of nitrogens with one attached hydrogen (secondary N) is 2. The molecule has 1 heterocycles. The number of benzene rings is 1. The summed E-state index contributed by atoms with van der Waals surface area (Å²) < 4.78 is 0. The summed E-state index contributed by atoms with van der Waals surface area (Å²) in [4.78, 5) is 13.1. The molecule has 29 heavy (non-hydrogen) atoms. The van der Waals surface area contributed by atoms with Gasteiger partial charge in [0.25, 0.3) is 0 Å². The lowest BCUT2D eigenvalue weighted by Crippen LogP contribution is -2.38. The van der Waals surface area contributed by atoms with Crippen molar-refractivity contribution in [3.05, 3.63) is 51.0 Å². The molecule has 0 spiro atoms. The highest BCUT2D eigenvalue weighted by Gasteiger charge is 2.05. The van der Waals surface area contributed by atoms with Crippen LogP contribution in [0.25, 0.3) is 0 Å². The summed E-state index contributed by atoms with van der Waals surface area (Å²) in [5, 5.41) is 7.93. The van der Waals surface area contributed by atoms with Crippen molar-refractivity contribution in [1.29, 1.82) is 0 Å². The van der Waals surface area contributed by atoms with E-state index >= 15 is 0 Å². The van der Waals surface area contributed by atoms with E-state index in [-0.39, 0.29) is 24.0 Å². The third kappa shape index (κ3) is 9.00. The van der Waals surface area contributed by atoms with Gasteiger partial charge < -0.3 is 10.6 Å². The topological polar surface area (TPSA) is 52.6 Å². The third-order valence-electron chi connectivity index (χ3n) is 4.79. The molecule has 0 unspecified atom stereocenters. The van der Waals surface area contributed by atoms with Gasteiger partial charge >= 0.3 is 0 Å². The lowest BCUT2D eigenvalue weighted by atomic mass is 10.1. The van der Waals surface area contributed by atoms with E-state index in [9.17, 15) is 0 Å². The molecule has 2 aromatic rings. The van der Waals surface area contributed by atoms with Crippen molar-refractivity contribution in [1.82, 2.24) is 20.5 Å². The summed E-state index contributed by atoms with van der Waals surface area (Å²) in [6.07, 6.45) is 0.920. The molecule has 0 amide bonds. The van der Waals surface area contributed by atoms with E-state index in [2.05, 4.69) is 79.4 Å². The maximum absolute atomic E-state index is 4.73. The molecule has 0 radical (unpaired) electrons. The average Bonchev–Trinajstić information content (AvgIpc) is 3.02. The second-order valence-electron chi connectivity index (χ2n) is 6.90. The number of hydrogen-bond donors (Lipinski definition) is 2. The summed E-state index contributed by atoms with van der Waals surface area (Å²) in [7, 11) is 0. The van der Waals surface area contributed by atoms with Gasteiger partial charge in [0, 0.05) is 30.9 Å². The Morgan fingerprint density at radius 2 is 1.69 bits per heavy atom. The van der Waals surface area contributed by atoms with Crippen LogP contribution in [0, 0.1) is 13.8 Å². The number of hydrogen-bond acceptors (Lipinski definition) is 4. The summed E-state index contributed by atoms with van der Waals surface area (Å²) in [5.74, 6) is 0.861. The first-order valence-electron chi connectivity index (χ1n) is 10.3. The van der Waals surface area contributed by atoms with Crippen molar-refractivity contribution in [2.45, 2.75) is 54.1 Å². The maximum Gasteiger partial charge on any atom is 0.191 e. The Morgan fingerprint density at radius 3 is 2.24 bits per heavy atom. The molecule has 0 aliphatic heterocycles. The van der Waals surface area contributed by atoms with Gasteiger partial charge in [-0.1, -0.05) is 38.1 Å². The smallest absolute Gasteiger partial charge is 0.191 e. The first-order valence-corrected chi connectivity index (χ1v) is 11.1. The van der Waals surface area contributed by atoms with Crippen LogP contribution in [0.5, 0.6) is 0 Å². The van der Waals surface area contributed by atoms with Crippen LogP contribution in [0.15, 0.2) is 29.3 Å². The molecule has 0 aliphatic rings. The van der Waals surface area contributed by atoms with E-state index in [1.165, 1.54) is 21.0 Å². The quantitative estimate of drug-likeness (QED) is 0.270. The molecule has 162 valence electrons. The monoisotopic (exact) mass is 529 g/mol. The fraction of sp³-hybridized carbons (Fsp3) is 0.545. The Kier molecular flexibility index (Phi) is 12.4. The molecule has 0 bridgehead atoms. The minimum Gasteiger partial charge on any atom is -0.357 e. The Morgan fingerprint density at radius 1 is 1.03 bits per heavy atom. The fourth-order valence-corrected chi connectivity index (χ4v) is 3.84. The van der Waals surface area contributed by atoms with Gasteiger partial charge in [0.15, 0.2) is 5.96 Å². The molecule has 2 N–H and O–H groups in total. The fourth-order valence-electron chi connectivity index (χ4n) is 2.90. The van der Waals surface area contributed by atoms with E-state index in [1.54, 1.807) is 11.3 Å². The van der Waals surface area contributed by atoms with Crippen LogP contribution < -0.4 is 10.6 Å². The van der Waals surface area contributed by atoms with Crippen molar-refractivity contribution in [2.75, 3.05) is 26.2 Å². The highest BCUT2D eigenvalue weighted by atomic mass is 127. The van der Waals surface area contributed by atoms with Gasteiger partial charge in [-0.25, -0.2) is 9.98 Å². The first kappa shape index (κ1) is 25.8. The second-order valence-corrected chi connectivity index (χ2v) is 8.19. The number of rotatable bonds is 10. The van der Waals surface area contributed by atoms with Crippen molar-refractivity contribution < 1.29 is 0 Å². The zero-order valence-electron chi connectivity index (χ0n) is 18.4. The van der Waals surface area contributed by atoms with Crippen LogP contribution in [0.3, 0.4) is 0 Å². The lowest BCUT2D eigenvalue weighted by Gasteiger charge is -2.18. The van der Waals surface area contributed by atoms with E-state index < -0.39 is 0 Å². The Labute approximate surface area is 197 Å². The summed E-state index contributed by atoms with van der Waals surface area (Å²) in [6, 6.07) is 8.81. The summed E-state index contributed by atoms with van der Waals surface area (Å²) in [6.45, 7) is 16.2. The van der Waals surface area contributed by atoms with Gasteiger partial charge in [-0.15, -0.1) is 35.3 Å². The minimum absolute atomic E-state index is 0.